The van der Waals surface area contributed by atoms with E-state index in [9.17, 15) is 0 Å². The maximum absolute atomic E-state index is 5.97. The molecule has 2 aromatic heterocycles. The van der Waals surface area contributed by atoms with E-state index in [1.54, 1.807) is 0 Å². The number of nitrogens with zero attached hydrogens (tertiary/aromatic N) is 3. The number of nitrogens with two attached hydrogens (primary N) is 1. The number of benzene rings is 1. The lowest BCUT2D eigenvalue weighted by molar-refractivity contribution is 0.938. The SMILES string of the molecule is Cc1cccc(Cc2nnc3cccc(N)n23)c1. The van der Waals surface area contributed by atoms with Gasteiger partial charge in [0.2, 0.25) is 0 Å². The second kappa shape index (κ2) is 4.14. The van der Waals surface area contributed by atoms with Crippen LogP contribution in [0, 0.1) is 6.92 Å². The molecular weight excluding hydrogens is 224 g/mol. The maximum Gasteiger partial charge on any atom is 0.162 e. The zero-order valence-corrected chi connectivity index (χ0v) is 10.2. The van der Waals surface area contributed by atoms with Crippen molar-refractivity contribution in [3.63, 3.8) is 0 Å². The largest absolute Gasteiger partial charge is 0.385 e. The lowest BCUT2D eigenvalue weighted by Crippen LogP contribution is -2.02. The fourth-order valence-electron chi connectivity index (χ4n) is 2.15. The van der Waals surface area contributed by atoms with E-state index in [0.29, 0.717) is 5.82 Å². The van der Waals surface area contributed by atoms with Crippen molar-refractivity contribution in [1.29, 1.82) is 0 Å². The Bertz CT molecular complexity index is 700. The molecule has 18 heavy (non-hydrogen) atoms. The number of hydrogen-bond acceptors (Lipinski definition) is 3. The van der Waals surface area contributed by atoms with Crippen molar-refractivity contribution in [2.24, 2.45) is 0 Å². The number of fused-ring (bicyclic) bond motifs is 1. The Hall–Kier alpha value is -2.36. The summed E-state index contributed by atoms with van der Waals surface area (Å²) in [6.07, 6.45) is 0.733. The predicted molar refractivity (Wildman–Crippen MR) is 71.4 cm³/mol. The van der Waals surface area contributed by atoms with Gasteiger partial charge in [-0.2, -0.15) is 0 Å². The molecule has 0 fully saturated rings. The van der Waals surface area contributed by atoms with E-state index in [1.807, 2.05) is 22.6 Å². The van der Waals surface area contributed by atoms with Crippen LogP contribution >= 0.6 is 0 Å². The first-order chi connectivity index (χ1) is 8.74. The molecular formula is C14H14N4. The molecule has 3 aromatic rings. The molecule has 1 aromatic carbocycles. The summed E-state index contributed by atoms with van der Waals surface area (Å²) in [6.45, 7) is 2.08. The first-order valence-corrected chi connectivity index (χ1v) is 5.88. The highest BCUT2D eigenvalue weighted by Gasteiger charge is 2.08. The summed E-state index contributed by atoms with van der Waals surface area (Å²) in [5, 5.41) is 8.35. The molecule has 0 aliphatic rings. The van der Waals surface area contributed by atoms with Gasteiger partial charge in [-0.1, -0.05) is 35.9 Å². The fraction of sp³-hybridized carbons (Fsp3) is 0.143. The second-order valence-electron chi connectivity index (χ2n) is 4.43. The fourth-order valence-corrected chi connectivity index (χ4v) is 2.15. The number of pyridine rings is 1. The summed E-state index contributed by atoms with van der Waals surface area (Å²) < 4.78 is 1.89. The van der Waals surface area contributed by atoms with Gasteiger partial charge in [-0.05, 0) is 24.6 Å². The molecule has 4 heteroatoms. The molecule has 3 rings (SSSR count). The molecule has 0 saturated heterocycles. The molecule has 0 spiro atoms. The van der Waals surface area contributed by atoms with Gasteiger partial charge in [0.1, 0.15) is 11.6 Å². The molecule has 2 N–H and O–H groups in total. The molecule has 4 nitrogen and oxygen atoms in total. The van der Waals surface area contributed by atoms with Crippen molar-refractivity contribution >= 4 is 11.5 Å². The third-order valence-electron chi connectivity index (χ3n) is 2.97. The lowest BCUT2D eigenvalue weighted by Gasteiger charge is -2.04. The molecule has 0 aliphatic carbocycles. The highest BCUT2D eigenvalue weighted by molar-refractivity contribution is 5.48. The van der Waals surface area contributed by atoms with Crippen LogP contribution in [0.15, 0.2) is 42.5 Å². The Morgan fingerprint density at radius 2 is 1.94 bits per heavy atom. The van der Waals surface area contributed by atoms with Gasteiger partial charge in [0.15, 0.2) is 5.65 Å². The maximum atomic E-state index is 5.97. The van der Waals surface area contributed by atoms with E-state index in [0.717, 1.165) is 17.9 Å². The smallest absolute Gasteiger partial charge is 0.162 e. The normalized spacial score (nSPS) is 10.9. The van der Waals surface area contributed by atoms with E-state index in [2.05, 4.69) is 41.4 Å². The number of nitrogen functional groups attached to an aromatic ring is 1. The van der Waals surface area contributed by atoms with Crippen LogP contribution in [-0.4, -0.2) is 14.6 Å². The quantitative estimate of drug-likeness (QED) is 0.744. The number of rotatable bonds is 2. The van der Waals surface area contributed by atoms with Gasteiger partial charge < -0.3 is 5.73 Å². The minimum atomic E-state index is 0.667. The monoisotopic (exact) mass is 238 g/mol. The summed E-state index contributed by atoms with van der Waals surface area (Å²) in [7, 11) is 0. The zero-order valence-electron chi connectivity index (χ0n) is 10.2. The average Bonchev–Trinajstić information content (AvgIpc) is 2.74. The molecule has 0 atom stereocenters. The van der Waals surface area contributed by atoms with Gasteiger partial charge >= 0.3 is 0 Å². The van der Waals surface area contributed by atoms with E-state index < -0.39 is 0 Å². The van der Waals surface area contributed by atoms with E-state index in [1.165, 1.54) is 11.1 Å². The summed E-state index contributed by atoms with van der Waals surface area (Å²) >= 11 is 0. The van der Waals surface area contributed by atoms with Crippen molar-refractivity contribution in [3.8, 4) is 0 Å². The van der Waals surface area contributed by atoms with Crippen LogP contribution in [0.3, 0.4) is 0 Å². The van der Waals surface area contributed by atoms with E-state index in [-0.39, 0.29) is 0 Å². The van der Waals surface area contributed by atoms with Crippen molar-refractivity contribution < 1.29 is 0 Å². The van der Waals surface area contributed by atoms with Crippen molar-refractivity contribution in [2.75, 3.05) is 5.73 Å². The van der Waals surface area contributed by atoms with Crippen LogP contribution in [0.2, 0.25) is 0 Å². The van der Waals surface area contributed by atoms with Crippen molar-refractivity contribution in [3.05, 3.63) is 59.4 Å². The third-order valence-corrected chi connectivity index (χ3v) is 2.97. The Labute approximate surface area is 105 Å². The van der Waals surface area contributed by atoms with E-state index in [4.69, 9.17) is 5.73 Å². The molecule has 90 valence electrons. The standard InChI is InChI=1S/C14H14N4/c1-10-4-2-5-11(8-10)9-14-17-16-13-7-3-6-12(15)18(13)14/h2-8H,9,15H2,1H3. The number of hydrogen-bond donors (Lipinski definition) is 1. The van der Waals surface area contributed by atoms with Crippen LogP contribution < -0.4 is 5.73 Å². The Balaban J connectivity index is 2.05. The number of anilines is 1. The highest BCUT2D eigenvalue weighted by Crippen LogP contribution is 2.14. The topological polar surface area (TPSA) is 56.2 Å². The molecule has 0 bridgehead atoms. The van der Waals surface area contributed by atoms with Crippen molar-refractivity contribution in [1.82, 2.24) is 14.6 Å². The van der Waals surface area contributed by atoms with Crippen LogP contribution in [0.1, 0.15) is 17.0 Å². The lowest BCUT2D eigenvalue weighted by atomic mass is 10.1. The van der Waals surface area contributed by atoms with Gasteiger partial charge in [0, 0.05) is 6.42 Å². The molecule has 0 saturated carbocycles. The number of aromatic nitrogens is 3. The summed E-state index contributed by atoms with van der Waals surface area (Å²) in [5.74, 6) is 1.54. The van der Waals surface area contributed by atoms with Gasteiger partial charge in [0.25, 0.3) is 0 Å². The van der Waals surface area contributed by atoms with Crippen LogP contribution in [0.25, 0.3) is 5.65 Å². The highest BCUT2D eigenvalue weighted by atomic mass is 15.3. The van der Waals surface area contributed by atoms with Gasteiger partial charge in [-0.3, -0.25) is 4.40 Å². The third kappa shape index (κ3) is 1.82. The van der Waals surface area contributed by atoms with Crippen LogP contribution in [-0.2, 0) is 6.42 Å². The van der Waals surface area contributed by atoms with E-state index >= 15 is 0 Å². The molecule has 2 heterocycles. The molecule has 0 radical (unpaired) electrons. The van der Waals surface area contributed by atoms with Crippen LogP contribution in [0.4, 0.5) is 5.82 Å². The second-order valence-corrected chi connectivity index (χ2v) is 4.43. The Kier molecular flexibility index (Phi) is 2.48. The van der Waals surface area contributed by atoms with Gasteiger partial charge in [0.05, 0.1) is 0 Å². The number of aryl methyl sites for hydroxylation is 1. The minimum Gasteiger partial charge on any atom is -0.385 e. The summed E-state index contributed by atoms with van der Waals surface area (Å²) in [6, 6.07) is 14.0. The van der Waals surface area contributed by atoms with Gasteiger partial charge in [-0.25, -0.2) is 0 Å². The minimum absolute atomic E-state index is 0.667. The Morgan fingerprint density at radius 1 is 1.11 bits per heavy atom. The average molecular weight is 238 g/mol. The summed E-state index contributed by atoms with van der Waals surface area (Å²) in [5.41, 5.74) is 9.22. The first kappa shape index (κ1) is 10.8. The van der Waals surface area contributed by atoms with Gasteiger partial charge in [-0.15, -0.1) is 10.2 Å². The molecule has 0 amide bonds. The molecule has 0 unspecified atom stereocenters. The molecule has 0 aliphatic heterocycles. The van der Waals surface area contributed by atoms with Crippen molar-refractivity contribution in [2.45, 2.75) is 13.3 Å². The zero-order chi connectivity index (χ0) is 12.5. The summed E-state index contributed by atoms with van der Waals surface area (Å²) in [4.78, 5) is 0. The first-order valence-electron chi connectivity index (χ1n) is 5.88. The van der Waals surface area contributed by atoms with Crippen LogP contribution in [0.5, 0.6) is 0 Å². The Morgan fingerprint density at radius 3 is 2.78 bits per heavy atom. The predicted octanol–water partition coefficient (Wildman–Crippen LogP) is 2.21.